The highest BCUT2D eigenvalue weighted by Gasteiger charge is 2.19. The molecule has 31 heavy (non-hydrogen) atoms. The highest BCUT2D eigenvalue weighted by atomic mass is 16.3. The summed E-state index contributed by atoms with van der Waals surface area (Å²) in [5.41, 5.74) is 2.76. The third-order valence-electron chi connectivity index (χ3n) is 5.30. The van der Waals surface area contributed by atoms with E-state index in [1.54, 1.807) is 40.2 Å². The van der Waals surface area contributed by atoms with E-state index in [9.17, 15) is 4.79 Å². The van der Waals surface area contributed by atoms with Crippen molar-refractivity contribution in [3.8, 4) is 0 Å². The molecular weight excluding hydrogens is 392 g/mol. The molecular formula is C23H22N6O2. The summed E-state index contributed by atoms with van der Waals surface area (Å²) in [5, 5.41) is 4.95. The summed E-state index contributed by atoms with van der Waals surface area (Å²) in [6.45, 7) is 2.80. The van der Waals surface area contributed by atoms with Crippen LogP contribution in [0, 0.1) is 0 Å². The van der Waals surface area contributed by atoms with Crippen LogP contribution in [-0.4, -0.2) is 30.4 Å². The Bertz CT molecular complexity index is 1450. The van der Waals surface area contributed by atoms with Gasteiger partial charge in [0.1, 0.15) is 16.7 Å². The topological polar surface area (TPSA) is 91.1 Å². The van der Waals surface area contributed by atoms with E-state index in [1.807, 2.05) is 24.3 Å². The molecule has 0 saturated carbocycles. The second kappa shape index (κ2) is 8.14. The molecule has 8 heteroatoms. The molecule has 4 heterocycles. The highest BCUT2D eigenvalue weighted by molar-refractivity contribution is 6.04. The zero-order chi connectivity index (χ0) is 21.2. The van der Waals surface area contributed by atoms with Gasteiger partial charge in [0.05, 0.1) is 29.8 Å². The van der Waals surface area contributed by atoms with Crippen molar-refractivity contribution < 1.29 is 4.42 Å². The quantitative estimate of drug-likeness (QED) is 0.292. The fourth-order valence-corrected chi connectivity index (χ4v) is 3.71. The fourth-order valence-electron chi connectivity index (χ4n) is 3.71. The molecule has 4 aromatic heterocycles. The van der Waals surface area contributed by atoms with E-state index < -0.39 is 0 Å². The van der Waals surface area contributed by atoms with E-state index in [0.29, 0.717) is 34.5 Å². The van der Waals surface area contributed by atoms with E-state index in [-0.39, 0.29) is 5.56 Å². The zero-order valence-corrected chi connectivity index (χ0v) is 17.2. The van der Waals surface area contributed by atoms with Crippen molar-refractivity contribution in [2.45, 2.75) is 39.2 Å². The Kier molecular flexibility index (Phi) is 5.03. The number of hydrogen-bond donors (Lipinski definition) is 0. The normalized spacial score (nSPS) is 12.0. The second-order valence-corrected chi connectivity index (χ2v) is 7.46. The SMILES string of the molecule is CCCCCCn1cnc2c(c1=O)c1nc3ccccc3nc1n2N=Cc1ccco1. The summed E-state index contributed by atoms with van der Waals surface area (Å²) in [4.78, 5) is 27.4. The van der Waals surface area contributed by atoms with E-state index in [1.165, 1.54) is 0 Å². The van der Waals surface area contributed by atoms with E-state index in [0.717, 1.165) is 36.7 Å². The molecule has 0 bridgehead atoms. The van der Waals surface area contributed by atoms with Crippen molar-refractivity contribution in [1.29, 1.82) is 0 Å². The maximum atomic E-state index is 13.4. The Hall–Kier alpha value is -3.81. The highest BCUT2D eigenvalue weighted by Crippen LogP contribution is 2.24. The number of fused-ring (bicyclic) bond motifs is 4. The van der Waals surface area contributed by atoms with Crippen LogP contribution in [0.3, 0.4) is 0 Å². The average Bonchev–Trinajstić information content (AvgIpc) is 3.41. The Labute approximate surface area is 177 Å². The molecule has 156 valence electrons. The van der Waals surface area contributed by atoms with Crippen LogP contribution < -0.4 is 5.56 Å². The molecule has 5 aromatic rings. The number of nitrogens with zero attached hydrogens (tertiary/aromatic N) is 6. The number of aromatic nitrogens is 5. The van der Waals surface area contributed by atoms with Gasteiger partial charge < -0.3 is 4.42 Å². The third kappa shape index (κ3) is 3.50. The molecule has 0 aliphatic heterocycles. The summed E-state index contributed by atoms with van der Waals surface area (Å²) in [7, 11) is 0. The summed E-state index contributed by atoms with van der Waals surface area (Å²) in [6, 6.07) is 11.2. The monoisotopic (exact) mass is 414 g/mol. The van der Waals surface area contributed by atoms with Gasteiger partial charge in [-0.1, -0.05) is 38.3 Å². The number of furan rings is 1. The van der Waals surface area contributed by atoms with Crippen LogP contribution in [0.4, 0.5) is 0 Å². The number of para-hydroxylation sites is 2. The standard InChI is InChI=1S/C23H22N6O2/c1-2-3-4-7-12-28-15-24-21-19(23(28)30)20-22(27-18-11-6-5-10-17(18)26-20)29(21)25-14-16-9-8-13-31-16/h5-6,8-11,13-15H,2-4,7,12H2,1H3. The van der Waals surface area contributed by atoms with Gasteiger partial charge in [0, 0.05) is 6.54 Å². The lowest BCUT2D eigenvalue weighted by Crippen LogP contribution is -2.20. The van der Waals surface area contributed by atoms with Gasteiger partial charge in [-0.15, -0.1) is 0 Å². The van der Waals surface area contributed by atoms with E-state index >= 15 is 0 Å². The average molecular weight is 414 g/mol. The Morgan fingerprint density at radius 2 is 1.87 bits per heavy atom. The Balaban J connectivity index is 1.72. The molecule has 0 spiro atoms. The lowest BCUT2D eigenvalue weighted by atomic mass is 10.2. The number of benzene rings is 1. The number of aryl methyl sites for hydroxylation is 1. The molecule has 0 amide bonds. The van der Waals surface area contributed by atoms with Gasteiger partial charge in [-0.2, -0.15) is 9.78 Å². The van der Waals surface area contributed by atoms with Crippen LogP contribution in [0.1, 0.15) is 38.4 Å². The Morgan fingerprint density at radius 1 is 1.03 bits per heavy atom. The molecule has 0 unspecified atom stereocenters. The minimum absolute atomic E-state index is 0.122. The molecule has 0 atom stereocenters. The molecule has 8 nitrogen and oxygen atoms in total. The Morgan fingerprint density at radius 3 is 2.65 bits per heavy atom. The minimum atomic E-state index is -0.122. The smallest absolute Gasteiger partial charge is 0.265 e. The van der Waals surface area contributed by atoms with Gasteiger partial charge in [-0.25, -0.2) is 15.0 Å². The lowest BCUT2D eigenvalue weighted by Gasteiger charge is -2.05. The first-order valence-corrected chi connectivity index (χ1v) is 10.5. The van der Waals surface area contributed by atoms with Crippen molar-refractivity contribution in [1.82, 2.24) is 24.2 Å². The number of hydrogen-bond acceptors (Lipinski definition) is 6. The van der Waals surface area contributed by atoms with Gasteiger partial charge in [-0.05, 0) is 30.7 Å². The largest absolute Gasteiger partial charge is 0.463 e. The third-order valence-corrected chi connectivity index (χ3v) is 5.30. The maximum Gasteiger partial charge on any atom is 0.265 e. The van der Waals surface area contributed by atoms with Gasteiger partial charge in [0.25, 0.3) is 5.56 Å². The van der Waals surface area contributed by atoms with Crippen molar-refractivity contribution in [2.75, 3.05) is 0 Å². The van der Waals surface area contributed by atoms with Crippen LogP contribution in [0.25, 0.3) is 33.2 Å². The first-order valence-electron chi connectivity index (χ1n) is 10.5. The molecule has 1 aromatic carbocycles. The summed E-state index contributed by atoms with van der Waals surface area (Å²) < 4.78 is 8.57. The van der Waals surface area contributed by atoms with Crippen LogP contribution >= 0.6 is 0 Å². The second-order valence-electron chi connectivity index (χ2n) is 7.46. The molecule has 0 radical (unpaired) electrons. The van der Waals surface area contributed by atoms with Gasteiger partial charge in [0.2, 0.25) is 0 Å². The predicted octanol–water partition coefficient (Wildman–Crippen LogP) is 4.35. The lowest BCUT2D eigenvalue weighted by molar-refractivity contribution is 0.559. The number of rotatable bonds is 7. The molecule has 0 fully saturated rings. The van der Waals surface area contributed by atoms with Gasteiger partial charge in [-0.3, -0.25) is 9.36 Å². The van der Waals surface area contributed by atoms with Crippen molar-refractivity contribution in [3.05, 3.63) is 65.1 Å². The summed E-state index contributed by atoms with van der Waals surface area (Å²) >= 11 is 0. The maximum absolute atomic E-state index is 13.4. The molecule has 0 aliphatic carbocycles. The van der Waals surface area contributed by atoms with Gasteiger partial charge in [0.15, 0.2) is 11.3 Å². The minimum Gasteiger partial charge on any atom is -0.463 e. The molecule has 0 saturated heterocycles. The molecule has 0 N–H and O–H groups in total. The fraction of sp³-hybridized carbons (Fsp3) is 0.261. The van der Waals surface area contributed by atoms with Gasteiger partial charge >= 0.3 is 0 Å². The summed E-state index contributed by atoms with van der Waals surface area (Å²) in [6.07, 6.45) is 9.07. The van der Waals surface area contributed by atoms with Crippen LogP contribution in [0.2, 0.25) is 0 Å². The van der Waals surface area contributed by atoms with E-state index in [4.69, 9.17) is 14.4 Å². The number of unbranched alkanes of at least 4 members (excludes halogenated alkanes) is 3. The first-order chi connectivity index (χ1) is 15.3. The predicted molar refractivity (Wildman–Crippen MR) is 120 cm³/mol. The van der Waals surface area contributed by atoms with Crippen molar-refractivity contribution in [2.24, 2.45) is 5.10 Å². The zero-order valence-electron chi connectivity index (χ0n) is 17.2. The van der Waals surface area contributed by atoms with Crippen molar-refractivity contribution >= 4 is 39.4 Å². The van der Waals surface area contributed by atoms with Crippen LogP contribution in [-0.2, 0) is 6.54 Å². The van der Waals surface area contributed by atoms with Crippen LogP contribution in [0.15, 0.2) is 63.3 Å². The molecule has 0 aliphatic rings. The van der Waals surface area contributed by atoms with Crippen molar-refractivity contribution in [3.63, 3.8) is 0 Å². The summed E-state index contributed by atoms with van der Waals surface area (Å²) in [5.74, 6) is 0.591. The van der Waals surface area contributed by atoms with Crippen LogP contribution in [0.5, 0.6) is 0 Å². The first kappa shape index (κ1) is 19.2. The molecule has 5 rings (SSSR count). The van der Waals surface area contributed by atoms with E-state index in [2.05, 4.69) is 17.0 Å².